The Morgan fingerprint density at radius 2 is 1.75 bits per heavy atom. The van der Waals surface area contributed by atoms with E-state index in [0.29, 0.717) is 10.7 Å². The molecule has 0 radical (unpaired) electrons. The van der Waals surface area contributed by atoms with Gasteiger partial charge in [0.05, 0.1) is 22.7 Å². The Labute approximate surface area is 148 Å². The fourth-order valence-corrected chi connectivity index (χ4v) is 2.47. The van der Waals surface area contributed by atoms with Crippen molar-refractivity contribution < 1.29 is 14.7 Å². The number of carbonyl (C=O) groups excluding carboxylic acids is 1. The van der Waals surface area contributed by atoms with Crippen molar-refractivity contribution >= 4 is 40.8 Å². The Kier molecular flexibility index (Phi) is 6.35. The van der Waals surface area contributed by atoms with Crippen LogP contribution in [0, 0.1) is 0 Å². The summed E-state index contributed by atoms with van der Waals surface area (Å²) in [6.45, 7) is 0. The second-order valence-corrected chi connectivity index (χ2v) is 5.73. The number of hydrogen-bond donors (Lipinski definition) is 2. The van der Waals surface area contributed by atoms with Gasteiger partial charge in [-0.25, -0.2) is 5.43 Å². The molecule has 1 amide bonds. The first-order valence-electron chi connectivity index (χ1n) is 7.06. The summed E-state index contributed by atoms with van der Waals surface area (Å²) in [6, 6.07) is 13.6. The van der Waals surface area contributed by atoms with Gasteiger partial charge in [0.25, 0.3) is 5.91 Å². The fraction of sp³-hybridized carbons (Fsp3) is 0.118. The lowest BCUT2D eigenvalue weighted by Gasteiger charge is -2.07. The van der Waals surface area contributed by atoms with Gasteiger partial charge in [0.15, 0.2) is 0 Å². The predicted octanol–water partition coefficient (Wildman–Crippen LogP) is 3.99. The summed E-state index contributed by atoms with van der Waals surface area (Å²) in [6.07, 6.45) is 0.0965. The van der Waals surface area contributed by atoms with Crippen molar-refractivity contribution in [3.63, 3.8) is 0 Å². The number of hydrazone groups is 1. The number of carboxylic acids is 1. The van der Waals surface area contributed by atoms with Gasteiger partial charge in [-0.2, -0.15) is 5.10 Å². The van der Waals surface area contributed by atoms with Crippen molar-refractivity contribution in [2.75, 3.05) is 0 Å². The highest BCUT2D eigenvalue weighted by Gasteiger charge is 2.12. The number of hydrogen-bond acceptors (Lipinski definition) is 3. The molecule has 2 aromatic carbocycles. The lowest BCUT2D eigenvalue weighted by atomic mass is 10.1. The molecule has 0 aliphatic carbocycles. The molecule has 0 saturated carbocycles. The number of amides is 1. The lowest BCUT2D eigenvalue weighted by molar-refractivity contribution is -0.136. The van der Waals surface area contributed by atoms with Crippen molar-refractivity contribution in [2.24, 2.45) is 5.10 Å². The van der Waals surface area contributed by atoms with E-state index in [9.17, 15) is 9.59 Å². The van der Waals surface area contributed by atoms with Crippen LogP contribution in [0.1, 0.15) is 28.8 Å². The van der Waals surface area contributed by atoms with Gasteiger partial charge < -0.3 is 5.11 Å². The van der Waals surface area contributed by atoms with Gasteiger partial charge in [-0.05, 0) is 23.8 Å². The molecule has 0 fully saturated rings. The van der Waals surface area contributed by atoms with Gasteiger partial charge in [-0.15, -0.1) is 0 Å². The summed E-state index contributed by atoms with van der Waals surface area (Å²) in [5.41, 5.74) is 3.85. The fourth-order valence-electron chi connectivity index (χ4n) is 1.97. The topological polar surface area (TPSA) is 78.8 Å². The van der Waals surface area contributed by atoms with Crippen molar-refractivity contribution in [3.05, 3.63) is 69.7 Å². The highest BCUT2D eigenvalue weighted by Crippen LogP contribution is 2.20. The second-order valence-electron chi connectivity index (χ2n) is 4.88. The average molecular weight is 365 g/mol. The number of halogens is 2. The van der Waals surface area contributed by atoms with E-state index in [1.165, 1.54) is 12.1 Å². The Bertz CT molecular complexity index is 777. The molecule has 0 aromatic heterocycles. The smallest absolute Gasteiger partial charge is 0.303 e. The lowest BCUT2D eigenvalue weighted by Crippen LogP contribution is -2.21. The summed E-state index contributed by atoms with van der Waals surface area (Å²) in [7, 11) is 0. The molecule has 7 heteroatoms. The molecule has 5 nitrogen and oxygen atoms in total. The van der Waals surface area contributed by atoms with E-state index in [-0.39, 0.29) is 23.4 Å². The number of carbonyl (C=O) groups is 2. The zero-order chi connectivity index (χ0) is 17.5. The van der Waals surface area contributed by atoms with Crippen molar-refractivity contribution in [1.29, 1.82) is 0 Å². The van der Waals surface area contributed by atoms with E-state index in [4.69, 9.17) is 28.3 Å². The minimum atomic E-state index is -0.939. The Morgan fingerprint density at radius 1 is 1.04 bits per heavy atom. The highest BCUT2D eigenvalue weighted by molar-refractivity contribution is 6.36. The van der Waals surface area contributed by atoms with E-state index in [2.05, 4.69) is 10.5 Å². The monoisotopic (exact) mass is 364 g/mol. The van der Waals surface area contributed by atoms with Crippen LogP contribution in [0.3, 0.4) is 0 Å². The molecular formula is C17H14Cl2N2O3. The standard InChI is InChI=1S/C17H14Cl2N2O3/c18-12-6-7-13(14(19)10-12)17(24)21-20-15(8-9-16(22)23)11-4-2-1-3-5-11/h1-7,10H,8-9H2,(H,21,24)(H,22,23)/b20-15-. The summed E-state index contributed by atoms with van der Waals surface area (Å²) in [4.78, 5) is 23.0. The van der Waals surface area contributed by atoms with E-state index in [1.807, 2.05) is 18.2 Å². The maximum Gasteiger partial charge on any atom is 0.303 e. The van der Waals surface area contributed by atoms with Gasteiger partial charge in [0.2, 0.25) is 0 Å². The van der Waals surface area contributed by atoms with E-state index < -0.39 is 11.9 Å². The first kappa shape index (κ1) is 18.0. The molecule has 0 spiro atoms. The first-order valence-corrected chi connectivity index (χ1v) is 7.82. The number of nitrogens with one attached hydrogen (secondary N) is 1. The molecule has 2 N–H and O–H groups in total. The van der Waals surface area contributed by atoms with Crippen LogP contribution in [0.4, 0.5) is 0 Å². The quantitative estimate of drug-likeness (QED) is 0.600. The Hall–Kier alpha value is -2.37. The van der Waals surface area contributed by atoms with Gasteiger partial charge >= 0.3 is 5.97 Å². The van der Waals surface area contributed by atoms with Crippen LogP contribution in [0.2, 0.25) is 10.0 Å². The van der Waals surface area contributed by atoms with Gasteiger partial charge in [-0.1, -0.05) is 53.5 Å². The Balaban J connectivity index is 2.19. The van der Waals surface area contributed by atoms with E-state index >= 15 is 0 Å². The van der Waals surface area contributed by atoms with Crippen LogP contribution >= 0.6 is 23.2 Å². The molecule has 0 saturated heterocycles. The average Bonchev–Trinajstić information content (AvgIpc) is 2.55. The van der Waals surface area contributed by atoms with Crippen LogP contribution in [0.25, 0.3) is 0 Å². The van der Waals surface area contributed by atoms with Crippen molar-refractivity contribution in [1.82, 2.24) is 5.43 Å². The molecule has 0 bridgehead atoms. The van der Waals surface area contributed by atoms with Crippen LogP contribution in [0.15, 0.2) is 53.6 Å². The van der Waals surface area contributed by atoms with Crippen LogP contribution in [-0.4, -0.2) is 22.7 Å². The number of nitrogens with zero attached hydrogens (tertiary/aromatic N) is 1. The van der Waals surface area contributed by atoms with Crippen molar-refractivity contribution in [3.8, 4) is 0 Å². The molecule has 24 heavy (non-hydrogen) atoms. The zero-order valence-electron chi connectivity index (χ0n) is 12.5. The minimum Gasteiger partial charge on any atom is -0.481 e. The van der Waals surface area contributed by atoms with Gasteiger partial charge in [0.1, 0.15) is 0 Å². The minimum absolute atomic E-state index is 0.0920. The maximum absolute atomic E-state index is 12.2. The summed E-state index contributed by atoms with van der Waals surface area (Å²) >= 11 is 11.8. The predicted molar refractivity (Wildman–Crippen MR) is 93.8 cm³/mol. The third-order valence-corrected chi connectivity index (χ3v) is 3.70. The second kappa shape index (κ2) is 8.47. The van der Waals surface area contributed by atoms with Crippen LogP contribution in [0.5, 0.6) is 0 Å². The molecule has 124 valence electrons. The molecule has 0 aliphatic rings. The Morgan fingerprint density at radius 3 is 2.38 bits per heavy atom. The molecule has 0 unspecified atom stereocenters. The van der Waals surface area contributed by atoms with E-state index in [1.54, 1.807) is 18.2 Å². The largest absolute Gasteiger partial charge is 0.481 e. The highest BCUT2D eigenvalue weighted by atomic mass is 35.5. The maximum atomic E-state index is 12.2. The first-order chi connectivity index (χ1) is 11.5. The third kappa shape index (κ3) is 5.08. The SMILES string of the molecule is O=C(O)CC/C(=N/NC(=O)c1ccc(Cl)cc1Cl)c1ccccc1. The molecule has 2 aromatic rings. The number of carboxylic acid groups (broad SMARTS) is 1. The number of benzene rings is 2. The number of aliphatic carboxylic acids is 1. The molecular weight excluding hydrogens is 351 g/mol. The normalized spacial score (nSPS) is 11.2. The molecule has 2 rings (SSSR count). The van der Waals surface area contributed by atoms with Crippen LogP contribution < -0.4 is 5.43 Å². The van der Waals surface area contributed by atoms with Gasteiger partial charge in [0, 0.05) is 11.4 Å². The molecule has 0 aliphatic heterocycles. The van der Waals surface area contributed by atoms with Gasteiger partial charge in [-0.3, -0.25) is 9.59 Å². The van der Waals surface area contributed by atoms with Crippen LogP contribution in [-0.2, 0) is 4.79 Å². The van der Waals surface area contributed by atoms with E-state index in [0.717, 1.165) is 5.56 Å². The van der Waals surface area contributed by atoms with Crippen molar-refractivity contribution in [2.45, 2.75) is 12.8 Å². The summed E-state index contributed by atoms with van der Waals surface area (Å²) in [5, 5.41) is 13.6. The molecule has 0 heterocycles. The molecule has 0 atom stereocenters. The summed E-state index contributed by atoms with van der Waals surface area (Å²) < 4.78 is 0. The third-order valence-electron chi connectivity index (χ3n) is 3.15. The zero-order valence-corrected chi connectivity index (χ0v) is 14.0. The summed E-state index contributed by atoms with van der Waals surface area (Å²) in [5.74, 6) is -1.44. The number of rotatable bonds is 6.